The van der Waals surface area contributed by atoms with Crippen molar-refractivity contribution in [1.82, 2.24) is 23.1 Å². The van der Waals surface area contributed by atoms with Gasteiger partial charge >= 0.3 is 5.69 Å². The molecule has 0 amide bonds. The molecule has 7 nitrogen and oxygen atoms in total. The fourth-order valence-corrected chi connectivity index (χ4v) is 4.12. The summed E-state index contributed by atoms with van der Waals surface area (Å²) in [4.78, 5) is 30.8. The van der Waals surface area contributed by atoms with Crippen molar-refractivity contribution in [3.05, 3.63) is 66.0 Å². The normalized spacial score (nSPS) is 11.8. The van der Waals surface area contributed by atoms with Gasteiger partial charge in [0, 0.05) is 35.0 Å². The van der Waals surface area contributed by atoms with E-state index in [4.69, 9.17) is 23.2 Å². The molecule has 0 aliphatic rings. The molecule has 9 heteroatoms. The average Bonchev–Trinajstić information content (AvgIpc) is 3.14. The van der Waals surface area contributed by atoms with Crippen molar-refractivity contribution in [1.29, 1.82) is 0 Å². The number of nitrogens with zero attached hydrogens (tertiary/aromatic N) is 5. The number of aryl methyl sites for hydroxylation is 3. The summed E-state index contributed by atoms with van der Waals surface area (Å²) in [5.41, 5.74) is 2.52. The first-order valence-corrected chi connectivity index (χ1v) is 9.63. The van der Waals surface area contributed by atoms with Crippen molar-refractivity contribution >= 4 is 40.1 Å². The zero-order valence-electron chi connectivity index (χ0n) is 16.0. The number of benzene rings is 1. The molecule has 0 spiro atoms. The van der Waals surface area contributed by atoms with Crippen LogP contribution in [0.25, 0.3) is 16.9 Å². The molecule has 28 heavy (non-hydrogen) atoms. The lowest BCUT2D eigenvalue weighted by atomic mass is 10.2. The Morgan fingerprint density at radius 3 is 2.43 bits per heavy atom. The number of imidazole rings is 2. The summed E-state index contributed by atoms with van der Waals surface area (Å²) in [6, 6.07) is 5.00. The second kappa shape index (κ2) is 6.53. The zero-order chi connectivity index (χ0) is 20.3. The summed E-state index contributed by atoms with van der Waals surface area (Å²) in [6.45, 7) is 6.73. The van der Waals surface area contributed by atoms with Gasteiger partial charge in [-0.05, 0) is 38.5 Å². The smallest absolute Gasteiger partial charge is 0.314 e. The molecule has 0 saturated heterocycles. The standard InChI is InChI=1S/C19H19Cl2N5O2/c1-5-24-10(2)11(3)26-15-16(22-18(24)26)23(4)19(28)25(17(15)27)9-12-6-7-13(20)8-14(12)21/h6-8H,5,9H2,1-4H3. The van der Waals surface area contributed by atoms with E-state index >= 15 is 0 Å². The second-order valence-corrected chi connectivity index (χ2v) is 7.65. The Balaban J connectivity index is 2.07. The van der Waals surface area contributed by atoms with Crippen molar-refractivity contribution in [2.75, 3.05) is 0 Å². The molecule has 0 aliphatic carbocycles. The van der Waals surface area contributed by atoms with Crippen LogP contribution in [0.15, 0.2) is 27.8 Å². The van der Waals surface area contributed by atoms with E-state index in [1.807, 2.05) is 29.7 Å². The molecule has 1 aromatic carbocycles. The van der Waals surface area contributed by atoms with Crippen LogP contribution in [0.2, 0.25) is 10.0 Å². The van der Waals surface area contributed by atoms with Crippen LogP contribution in [-0.4, -0.2) is 23.1 Å². The summed E-state index contributed by atoms with van der Waals surface area (Å²) in [6.07, 6.45) is 0. The van der Waals surface area contributed by atoms with Gasteiger partial charge in [-0.25, -0.2) is 4.79 Å². The molecule has 4 aromatic rings. The van der Waals surface area contributed by atoms with Gasteiger partial charge in [-0.15, -0.1) is 0 Å². The number of halogens is 2. The van der Waals surface area contributed by atoms with Gasteiger partial charge in [0.05, 0.1) is 6.54 Å². The Kier molecular flexibility index (Phi) is 4.39. The van der Waals surface area contributed by atoms with E-state index in [-0.39, 0.29) is 6.54 Å². The molecule has 4 rings (SSSR count). The van der Waals surface area contributed by atoms with Crippen molar-refractivity contribution in [3.8, 4) is 0 Å². The lowest BCUT2D eigenvalue weighted by Crippen LogP contribution is -2.39. The highest BCUT2D eigenvalue weighted by atomic mass is 35.5. The third-order valence-corrected chi connectivity index (χ3v) is 5.88. The number of rotatable bonds is 3. The van der Waals surface area contributed by atoms with E-state index < -0.39 is 11.2 Å². The van der Waals surface area contributed by atoms with Crippen LogP contribution in [0.4, 0.5) is 0 Å². The summed E-state index contributed by atoms with van der Waals surface area (Å²) in [5, 5.41) is 0.901. The third-order valence-electron chi connectivity index (χ3n) is 5.29. The monoisotopic (exact) mass is 419 g/mol. The number of aromatic nitrogens is 5. The molecule has 3 heterocycles. The van der Waals surface area contributed by atoms with Crippen LogP contribution in [0, 0.1) is 13.8 Å². The maximum absolute atomic E-state index is 13.3. The van der Waals surface area contributed by atoms with E-state index in [1.54, 1.807) is 25.2 Å². The molecular weight excluding hydrogens is 401 g/mol. The second-order valence-electron chi connectivity index (χ2n) is 6.80. The van der Waals surface area contributed by atoms with Gasteiger partial charge in [0.1, 0.15) is 0 Å². The first-order valence-electron chi connectivity index (χ1n) is 8.87. The Morgan fingerprint density at radius 1 is 1.07 bits per heavy atom. The van der Waals surface area contributed by atoms with Gasteiger partial charge in [0.2, 0.25) is 5.78 Å². The third kappa shape index (κ3) is 2.53. The summed E-state index contributed by atoms with van der Waals surface area (Å²) < 4.78 is 6.45. The molecular formula is C19H19Cl2N5O2. The van der Waals surface area contributed by atoms with E-state index in [2.05, 4.69) is 4.98 Å². The highest BCUT2D eigenvalue weighted by Gasteiger charge is 2.22. The lowest BCUT2D eigenvalue weighted by Gasteiger charge is -2.10. The van der Waals surface area contributed by atoms with Gasteiger partial charge in [0.15, 0.2) is 11.2 Å². The summed E-state index contributed by atoms with van der Waals surface area (Å²) >= 11 is 12.2. The van der Waals surface area contributed by atoms with Crippen LogP contribution in [0.1, 0.15) is 23.9 Å². The van der Waals surface area contributed by atoms with Crippen LogP contribution >= 0.6 is 23.2 Å². The molecule has 0 N–H and O–H groups in total. The van der Waals surface area contributed by atoms with Crippen molar-refractivity contribution in [2.45, 2.75) is 33.9 Å². The van der Waals surface area contributed by atoms with Crippen molar-refractivity contribution in [3.63, 3.8) is 0 Å². The molecule has 0 atom stereocenters. The molecule has 0 bridgehead atoms. The van der Waals surface area contributed by atoms with Crippen molar-refractivity contribution < 1.29 is 0 Å². The number of fused-ring (bicyclic) bond motifs is 3. The lowest BCUT2D eigenvalue weighted by molar-refractivity contribution is 0.656. The Bertz CT molecular complexity index is 1370. The highest BCUT2D eigenvalue weighted by Crippen LogP contribution is 2.22. The fourth-order valence-electron chi connectivity index (χ4n) is 3.65. The zero-order valence-corrected chi connectivity index (χ0v) is 17.5. The van der Waals surface area contributed by atoms with Crippen LogP contribution < -0.4 is 11.2 Å². The van der Waals surface area contributed by atoms with Gasteiger partial charge in [-0.1, -0.05) is 29.3 Å². The first kappa shape index (κ1) is 18.8. The SMILES string of the molecule is CCn1c(C)c(C)n2c3c(=O)n(Cc4ccc(Cl)cc4Cl)c(=O)n(C)c3nc12. The molecule has 0 aliphatic heterocycles. The minimum atomic E-state index is -0.443. The summed E-state index contributed by atoms with van der Waals surface area (Å²) in [5.74, 6) is 0.655. The molecule has 0 fully saturated rings. The van der Waals surface area contributed by atoms with Gasteiger partial charge < -0.3 is 4.57 Å². The first-order chi connectivity index (χ1) is 13.3. The van der Waals surface area contributed by atoms with E-state index in [1.165, 1.54) is 9.13 Å². The number of hydrogen-bond acceptors (Lipinski definition) is 3. The maximum atomic E-state index is 13.3. The quantitative estimate of drug-likeness (QED) is 0.512. The maximum Gasteiger partial charge on any atom is 0.332 e. The van der Waals surface area contributed by atoms with E-state index in [0.29, 0.717) is 32.6 Å². The van der Waals surface area contributed by atoms with Crippen LogP contribution in [0.3, 0.4) is 0 Å². The Morgan fingerprint density at radius 2 is 1.79 bits per heavy atom. The topological polar surface area (TPSA) is 66.2 Å². The summed E-state index contributed by atoms with van der Waals surface area (Å²) in [7, 11) is 1.62. The predicted molar refractivity (Wildman–Crippen MR) is 111 cm³/mol. The molecule has 0 saturated carbocycles. The minimum Gasteiger partial charge on any atom is -0.314 e. The predicted octanol–water partition coefficient (Wildman–Crippen LogP) is 3.14. The molecule has 3 aromatic heterocycles. The number of hydrogen-bond donors (Lipinski definition) is 0. The highest BCUT2D eigenvalue weighted by molar-refractivity contribution is 6.35. The van der Waals surface area contributed by atoms with Gasteiger partial charge in [-0.3, -0.25) is 18.3 Å². The van der Waals surface area contributed by atoms with E-state index in [9.17, 15) is 9.59 Å². The van der Waals surface area contributed by atoms with E-state index in [0.717, 1.165) is 17.9 Å². The largest absolute Gasteiger partial charge is 0.332 e. The average molecular weight is 420 g/mol. The van der Waals surface area contributed by atoms with Crippen molar-refractivity contribution in [2.24, 2.45) is 7.05 Å². The molecule has 0 radical (unpaired) electrons. The minimum absolute atomic E-state index is 0.0528. The van der Waals surface area contributed by atoms with Gasteiger partial charge in [-0.2, -0.15) is 4.98 Å². The Labute approximate surface area is 170 Å². The Hall–Kier alpha value is -2.51. The van der Waals surface area contributed by atoms with Crippen LogP contribution in [0.5, 0.6) is 0 Å². The van der Waals surface area contributed by atoms with Crippen LogP contribution in [-0.2, 0) is 20.1 Å². The molecule has 0 unspecified atom stereocenters. The molecule has 146 valence electrons. The fraction of sp³-hybridized carbons (Fsp3) is 0.316. The van der Waals surface area contributed by atoms with Gasteiger partial charge in [0.25, 0.3) is 5.56 Å².